The third-order valence-electron chi connectivity index (χ3n) is 8.89. The summed E-state index contributed by atoms with van der Waals surface area (Å²) in [5, 5.41) is 10.9. The van der Waals surface area contributed by atoms with Crippen LogP contribution in [0.5, 0.6) is 0 Å². The number of carbonyl (C=O) groups excluding carboxylic acids is 3. The number of hydrogen-bond acceptors (Lipinski definition) is 5. The number of thioether (sulfide) groups is 1. The Labute approximate surface area is 247 Å². The molecule has 3 unspecified atom stereocenters. The van der Waals surface area contributed by atoms with Crippen molar-refractivity contribution >= 4 is 46.8 Å². The lowest BCUT2D eigenvalue weighted by molar-refractivity contribution is -0.146. The van der Waals surface area contributed by atoms with Gasteiger partial charge in [-0.05, 0) is 36.8 Å². The first-order chi connectivity index (χ1) is 19.1. The van der Waals surface area contributed by atoms with E-state index in [-0.39, 0.29) is 48.0 Å². The van der Waals surface area contributed by atoms with Crippen LogP contribution in [0, 0.1) is 23.7 Å². The molecule has 0 aliphatic carbocycles. The quantitative estimate of drug-likeness (QED) is 0.360. The molecule has 1 aromatic rings. The number of benzene rings is 1. The molecule has 3 fully saturated rings. The van der Waals surface area contributed by atoms with Crippen LogP contribution in [0.25, 0.3) is 0 Å². The lowest BCUT2D eigenvalue weighted by Crippen LogP contribution is -2.60. The van der Waals surface area contributed by atoms with E-state index in [9.17, 15) is 19.5 Å². The molecule has 3 amide bonds. The number of anilines is 1. The fraction of sp³-hybridized carbons (Fsp3) is 0.581. The van der Waals surface area contributed by atoms with E-state index in [4.69, 9.17) is 11.6 Å². The SMILES string of the molecule is C=CCN(CCC)C(=O)[C@@H]1[C@@H]2CC(C)C3(S2)C(C(=O)N(CC=C)c2ccccc2Cl)N([C@@H](CO)C(C)C)C(=O)[C@H]13. The maximum Gasteiger partial charge on any atom is 0.251 e. The number of aliphatic hydroxyl groups excluding tert-OH is 1. The van der Waals surface area contributed by atoms with Crippen molar-refractivity contribution in [2.75, 3.05) is 31.1 Å². The third-order valence-corrected chi connectivity index (χ3v) is 11.3. The minimum absolute atomic E-state index is 0.0156. The number of halogens is 1. The van der Waals surface area contributed by atoms with Crippen molar-refractivity contribution in [1.82, 2.24) is 9.80 Å². The van der Waals surface area contributed by atoms with Crippen molar-refractivity contribution in [2.45, 2.75) is 62.6 Å². The summed E-state index contributed by atoms with van der Waals surface area (Å²) in [6, 6.07) is 5.73. The number of nitrogens with zero attached hydrogens (tertiary/aromatic N) is 3. The van der Waals surface area contributed by atoms with Gasteiger partial charge in [0.25, 0.3) is 5.91 Å². The smallest absolute Gasteiger partial charge is 0.251 e. The minimum atomic E-state index is -0.859. The molecule has 0 aromatic heterocycles. The lowest BCUT2D eigenvalue weighted by Gasteiger charge is -2.43. The van der Waals surface area contributed by atoms with Gasteiger partial charge in [-0.15, -0.1) is 24.9 Å². The summed E-state index contributed by atoms with van der Waals surface area (Å²) in [6.07, 6.45) is 4.91. The summed E-state index contributed by atoms with van der Waals surface area (Å²) in [5.41, 5.74) is 0.546. The molecule has 3 saturated heterocycles. The second-order valence-corrected chi connectivity index (χ2v) is 13.5. The summed E-state index contributed by atoms with van der Waals surface area (Å²) < 4.78 is -0.797. The molecule has 40 heavy (non-hydrogen) atoms. The molecule has 1 N–H and O–H groups in total. The first-order valence-corrected chi connectivity index (χ1v) is 15.5. The van der Waals surface area contributed by atoms with Crippen LogP contribution in [0.15, 0.2) is 49.6 Å². The van der Waals surface area contributed by atoms with E-state index in [0.29, 0.717) is 23.8 Å². The third kappa shape index (κ3) is 4.80. The highest BCUT2D eigenvalue weighted by Gasteiger charge is 2.77. The summed E-state index contributed by atoms with van der Waals surface area (Å²) in [7, 11) is 0. The minimum Gasteiger partial charge on any atom is -0.394 e. The van der Waals surface area contributed by atoms with Gasteiger partial charge >= 0.3 is 0 Å². The zero-order valence-corrected chi connectivity index (χ0v) is 25.5. The molecule has 0 radical (unpaired) electrons. The van der Waals surface area contributed by atoms with Crippen LogP contribution in [0.1, 0.15) is 40.5 Å². The first-order valence-electron chi connectivity index (χ1n) is 14.3. The Morgan fingerprint density at radius 3 is 2.48 bits per heavy atom. The second kappa shape index (κ2) is 12.3. The van der Waals surface area contributed by atoms with E-state index in [1.54, 1.807) is 56.8 Å². The number of carbonyl (C=O) groups is 3. The number of aliphatic hydroxyl groups is 1. The molecule has 3 heterocycles. The lowest BCUT2D eigenvalue weighted by atomic mass is 9.65. The Balaban J connectivity index is 1.87. The number of hydrogen-bond donors (Lipinski definition) is 1. The summed E-state index contributed by atoms with van der Waals surface area (Å²) in [5.74, 6) is -1.77. The second-order valence-electron chi connectivity index (χ2n) is 11.6. The number of para-hydroxylation sites is 1. The highest BCUT2D eigenvalue weighted by molar-refractivity contribution is 8.02. The molecular weight excluding hydrogens is 546 g/mol. The van der Waals surface area contributed by atoms with Crippen LogP contribution in [-0.4, -0.2) is 80.9 Å². The van der Waals surface area contributed by atoms with Crippen LogP contribution in [0.2, 0.25) is 5.02 Å². The molecule has 3 aliphatic rings. The van der Waals surface area contributed by atoms with E-state index in [1.165, 1.54) is 0 Å². The van der Waals surface area contributed by atoms with Gasteiger partial charge in [0, 0.05) is 24.9 Å². The number of amides is 3. The molecular formula is C31H42ClN3O4S. The van der Waals surface area contributed by atoms with Crippen LogP contribution in [0.3, 0.4) is 0 Å². The van der Waals surface area contributed by atoms with E-state index >= 15 is 0 Å². The normalized spacial score (nSPS) is 29.4. The van der Waals surface area contributed by atoms with Gasteiger partial charge in [0.1, 0.15) is 6.04 Å². The van der Waals surface area contributed by atoms with E-state index < -0.39 is 28.7 Å². The largest absolute Gasteiger partial charge is 0.394 e. The van der Waals surface area contributed by atoms with Gasteiger partial charge in [0.15, 0.2) is 0 Å². The number of likely N-dealkylation sites (tertiary alicyclic amines) is 1. The summed E-state index contributed by atoms with van der Waals surface area (Å²) in [6.45, 7) is 16.7. The summed E-state index contributed by atoms with van der Waals surface area (Å²) in [4.78, 5) is 48.5. The Bertz CT molecular complexity index is 1160. The molecule has 7 atom stereocenters. The molecule has 1 spiro atoms. The van der Waals surface area contributed by atoms with Gasteiger partial charge in [0.2, 0.25) is 11.8 Å². The van der Waals surface area contributed by atoms with E-state index in [1.807, 2.05) is 26.8 Å². The summed E-state index contributed by atoms with van der Waals surface area (Å²) >= 11 is 8.22. The molecule has 0 saturated carbocycles. The zero-order chi connectivity index (χ0) is 29.4. The van der Waals surface area contributed by atoms with Crippen LogP contribution >= 0.6 is 23.4 Å². The molecule has 9 heteroatoms. The van der Waals surface area contributed by atoms with Gasteiger partial charge in [-0.1, -0.05) is 63.6 Å². The predicted octanol–water partition coefficient (Wildman–Crippen LogP) is 4.64. The first kappa shape index (κ1) is 30.7. The van der Waals surface area contributed by atoms with Crippen molar-refractivity contribution in [3.63, 3.8) is 0 Å². The van der Waals surface area contributed by atoms with Crippen LogP contribution in [-0.2, 0) is 14.4 Å². The van der Waals surface area contributed by atoms with Crippen molar-refractivity contribution in [3.05, 3.63) is 54.6 Å². The maximum atomic E-state index is 14.8. The van der Waals surface area contributed by atoms with Gasteiger partial charge in [-0.2, -0.15) is 0 Å². The van der Waals surface area contributed by atoms with Gasteiger partial charge in [0.05, 0.1) is 39.9 Å². The molecule has 4 rings (SSSR count). The van der Waals surface area contributed by atoms with E-state index in [0.717, 1.165) is 12.8 Å². The molecule has 1 aromatic carbocycles. The zero-order valence-electron chi connectivity index (χ0n) is 24.0. The van der Waals surface area contributed by atoms with Crippen LogP contribution < -0.4 is 4.90 Å². The van der Waals surface area contributed by atoms with Crippen molar-refractivity contribution < 1.29 is 19.5 Å². The van der Waals surface area contributed by atoms with Gasteiger partial charge < -0.3 is 19.8 Å². The Kier molecular flexibility index (Phi) is 9.42. The van der Waals surface area contributed by atoms with Crippen molar-refractivity contribution in [1.29, 1.82) is 0 Å². The molecule has 3 aliphatic heterocycles. The van der Waals surface area contributed by atoms with Crippen molar-refractivity contribution in [3.8, 4) is 0 Å². The standard InChI is InChI=1S/C31H42ClN3O4S/c1-7-14-33(15-8-2)28(37)25-24-17-20(6)31(40-24)26(25)29(38)35(23(18-36)19(4)5)27(31)30(39)34(16-9-3)22-13-11-10-12-21(22)32/h7,9-13,19-20,23-27,36H,1,3,8,14-18H2,2,4-6H3/t20?,23-,24-,25+,26-,27?,31?/m0/s1. The highest BCUT2D eigenvalue weighted by Crippen LogP contribution is 2.69. The average Bonchev–Trinajstić information content (AvgIpc) is 3.51. The van der Waals surface area contributed by atoms with Crippen molar-refractivity contribution in [2.24, 2.45) is 23.7 Å². The topological polar surface area (TPSA) is 81.2 Å². The fourth-order valence-corrected chi connectivity index (χ4v) is 9.81. The van der Waals surface area contributed by atoms with Crippen LogP contribution in [0.4, 0.5) is 5.69 Å². The van der Waals surface area contributed by atoms with E-state index in [2.05, 4.69) is 20.1 Å². The van der Waals surface area contributed by atoms with Gasteiger partial charge in [-0.25, -0.2) is 0 Å². The Hall–Kier alpha value is -2.29. The monoisotopic (exact) mass is 587 g/mol. The average molecular weight is 588 g/mol. The number of fused-ring (bicyclic) bond motifs is 1. The molecule has 218 valence electrons. The predicted molar refractivity (Wildman–Crippen MR) is 162 cm³/mol. The Morgan fingerprint density at radius 1 is 1.23 bits per heavy atom. The number of rotatable bonds is 12. The fourth-order valence-electron chi connectivity index (χ4n) is 7.18. The van der Waals surface area contributed by atoms with Gasteiger partial charge in [-0.3, -0.25) is 14.4 Å². The maximum absolute atomic E-state index is 14.8. The molecule has 7 nitrogen and oxygen atoms in total. The molecule has 2 bridgehead atoms. The highest BCUT2D eigenvalue weighted by atomic mass is 35.5. The Morgan fingerprint density at radius 2 is 1.90 bits per heavy atom.